The Morgan fingerprint density at radius 2 is 2.05 bits per heavy atom. The Bertz CT molecular complexity index is 624. The van der Waals surface area contributed by atoms with Crippen molar-refractivity contribution in [2.75, 3.05) is 7.11 Å². The van der Waals surface area contributed by atoms with E-state index in [9.17, 15) is 4.79 Å². The topological polar surface area (TPSA) is 39.4 Å². The van der Waals surface area contributed by atoms with Crippen molar-refractivity contribution < 1.29 is 13.9 Å². The normalized spacial score (nSPS) is 16.1. The number of methoxy groups -OCH3 is 1. The number of fused-ring (bicyclic) bond motifs is 1. The van der Waals surface area contributed by atoms with Gasteiger partial charge < -0.3 is 9.15 Å². The summed E-state index contributed by atoms with van der Waals surface area (Å²) in [5.41, 5.74) is 1.47. The van der Waals surface area contributed by atoms with Crippen LogP contribution in [0.1, 0.15) is 47.7 Å². The molecule has 2 aromatic rings. The zero-order valence-corrected chi connectivity index (χ0v) is 12.9. The van der Waals surface area contributed by atoms with Gasteiger partial charge in [0, 0.05) is 11.3 Å². The largest absolute Gasteiger partial charge is 0.465 e. The lowest BCUT2D eigenvalue weighted by atomic mass is 10.0. The van der Waals surface area contributed by atoms with E-state index in [4.69, 9.17) is 9.15 Å². The van der Waals surface area contributed by atoms with E-state index in [1.54, 1.807) is 0 Å². The fourth-order valence-corrected chi connectivity index (χ4v) is 3.53. The van der Waals surface area contributed by atoms with Crippen molar-refractivity contribution >= 4 is 39.5 Å². The average Bonchev–Trinajstić information content (AvgIpc) is 3.05. The molecule has 0 spiro atoms. The van der Waals surface area contributed by atoms with Gasteiger partial charge in [0.2, 0.25) is 0 Å². The van der Waals surface area contributed by atoms with Crippen LogP contribution in [0.4, 0.5) is 0 Å². The molecule has 0 radical (unpaired) electrons. The maximum Gasteiger partial charge on any atom is 0.337 e. The van der Waals surface area contributed by atoms with Gasteiger partial charge in [-0.2, -0.15) is 0 Å². The van der Waals surface area contributed by atoms with Crippen LogP contribution in [0.2, 0.25) is 0 Å². The van der Waals surface area contributed by atoms with Gasteiger partial charge in [0.05, 0.1) is 16.2 Å². The number of halogens is 1. The number of carbonyl (C=O) groups excluding carboxylic acids is 1. The van der Waals surface area contributed by atoms with Crippen LogP contribution in [0.5, 0.6) is 0 Å². The molecule has 1 fully saturated rings. The molecule has 4 heteroatoms. The molecule has 1 heterocycles. The third-order valence-corrected chi connectivity index (χ3v) is 4.57. The summed E-state index contributed by atoms with van der Waals surface area (Å²) in [6.45, 7) is 0. The summed E-state index contributed by atoms with van der Waals surface area (Å²) in [4.78, 5) is 11.6. The van der Waals surface area contributed by atoms with Crippen molar-refractivity contribution in [3.8, 4) is 0 Å². The third kappa shape index (κ3) is 2.38. The molecule has 19 heavy (non-hydrogen) atoms. The van der Waals surface area contributed by atoms with Gasteiger partial charge in [0.25, 0.3) is 0 Å². The average molecular weight is 370 g/mol. The minimum absolute atomic E-state index is 0.302. The van der Waals surface area contributed by atoms with Gasteiger partial charge in [-0.3, -0.25) is 0 Å². The van der Waals surface area contributed by atoms with Crippen LogP contribution in [0, 0.1) is 3.57 Å². The Morgan fingerprint density at radius 3 is 2.74 bits per heavy atom. The summed E-state index contributed by atoms with van der Waals surface area (Å²) < 4.78 is 11.7. The highest BCUT2D eigenvalue weighted by Gasteiger charge is 2.22. The lowest BCUT2D eigenvalue weighted by Gasteiger charge is -2.02. The van der Waals surface area contributed by atoms with Crippen LogP contribution in [-0.4, -0.2) is 13.1 Å². The highest BCUT2D eigenvalue weighted by Crippen LogP contribution is 2.38. The van der Waals surface area contributed by atoms with Crippen molar-refractivity contribution in [3.05, 3.63) is 33.1 Å². The van der Waals surface area contributed by atoms with Gasteiger partial charge in [-0.1, -0.05) is 12.8 Å². The van der Waals surface area contributed by atoms with Crippen LogP contribution in [0.3, 0.4) is 0 Å². The van der Waals surface area contributed by atoms with E-state index in [1.165, 1.54) is 32.8 Å². The molecular formula is C15H15IO3. The van der Waals surface area contributed by atoms with E-state index in [2.05, 4.69) is 28.7 Å². The Hall–Kier alpha value is -1.04. The van der Waals surface area contributed by atoms with Gasteiger partial charge in [-0.15, -0.1) is 0 Å². The maximum absolute atomic E-state index is 11.6. The Labute approximate surface area is 125 Å². The predicted molar refractivity (Wildman–Crippen MR) is 81.5 cm³/mol. The van der Waals surface area contributed by atoms with Gasteiger partial charge in [-0.25, -0.2) is 4.79 Å². The number of rotatable bonds is 2. The molecule has 0 saturated heterocycles. The SMILES string of the molecule is COC(=O)c1cc(I)c2oc(C3CCCC3)cc2c1. The monoisotopic (exact) mass is 370 g/mol. The number of hydrogen-bond donors (Lipinski definition) is 0. The second kappa shape index (κ2) is 5.15. The predicted octanol–water partition coefficient (Wildman–Crippen LogP) is 4.48. The van der Waals surface area contributed by atoms with Crippen LogP contribution >= 0.6 is 22.6 Å². The summed E-state index contributed by atoms with van der Waals surface area (Å²) in [6, 6.07) is 5.75. The molecule has 1 aliphatic rings. The van der Waals surface area contributed by atoms with Gasteiger partial charge in [-0.05, 0) is 53.6 Å². The first-order chi connectivity index (χ1) is 9.19. The summed E-state index contributed by atoms with van der Waals surface area (Å²) >= 11 is 2.21. The highest BCUT2D eigenvalue weighted by atomic mass is 127. The van der Waals surface area contributed by atoms with Gasteiger partial charge >= 0.3 is 5.97 Å². The van der Waals surface area contributed by atoms with Crippen LogP contribution < -0.4 is 0 Å². The fourth-order valence-electron chi connectivity index (χ4n) is 2.78. The highest BCUT2D eigenvalue weighted by molar-refractivity contribution is 14.1. The first kappa shape index (κ1) is 13.0. The van der Waals surface area contributed by atoms with E-state index in [0.29, 0.717) is 11.5 Å². The summed E-state index contributed by atoms with van der Waals surface area (Å²) in [6.07, 6.45) is 4.99. The van der Waals surface area contributed by atoms with Crippen molar-refractivity contribution in [1.82, 2.24) is 0 Å². The second-order valence-corrected chi connectivity index (χ2v) is 6.16. The van der Waals surface area contributed by atoms with E-state index >= 15 is 0 Å². The van der Waals surface area contributed by atoms with E-state index in [1.807, 2.05) is 12.1 Å². The Balaban J connectivity index is 2.06. The molecule has 0 amide bonds. The Kier molecular flexibility index (Phi) is 3.52. The van der Waals surface area contributed by atoms with E-state index < -0.39 is 0 Å². The quantitative estimate of drug-likeness (QED) is 0.578. The lowest BCUT2D eigenvalue weighted by molar-refractivity contribution is 0.0601. The molecule has 3 nitrogen and oxygen atoms in total. The first-order valence-corrected chi connectivity index (χ1v) is 7.58. The van der Waals surface area contributed by atoms with Crippen LogP contribution in [-0.2, 0) is 4.74 Å². The zero-order chi connectivity index (χ0) is 13.4. The molecule has 0 atom stereocenters. The number of esters is 1. The molecule has 0 aliphatic heterocycles. The molecule has 1 aromatic carbocycles. The van der Waals surface area contributed by atoms with E-state index in [-0.39, 0.29) is 5.97 Å². The van der Waals surface area contributed by atoms with Crippen molar-refractivity contribution in [3.63, 3.8) is 0 Å². The summed E-state index contributed by atoms with van der Waals surface area (Å²) in [5, 5.41) is 0.995. The van der Waals surface area contributed by atoms with E-state index in [0.717, 1.165) is 20.3 Å². The second-order valence-electron chi connectivity index (χ2n) is 5.00. The third-order valence-electron chi connectivity index (χ3n) is 3.77. The van der Waals surface area contributed by atoms with Crippen molar-refractivity contribution in [1.29, 1.82) is 0 Å². The zero-order valence-electron chi connectivity index (χ0n) is 10.7. The minimum atomic E-state index is -0.302. The molecule has 0 bridgehead atoms. The number of carbonyl (C=O) groups is 1. The minimum Gasteiger partial charge on any atom is -0.465 e. The lowest BCUT2D eigenvalue weighted by Crippen LogP contribution is -2.01. The molecule has 1 aromatic heterocycles. The first-order valence-electron chi connectivity index (χ1n) is 6.50. The number of hydrogen-bond acceptors (Lipinski definition) is 3. The van der Waals surface area contributed by atoms with Crippen molar-refractivity contribution in [2.45, 2.75) is 31.6 Å². The fraction of sp³-hybridized carbons (Fsp3) is 0.400. The summed E-state index contributed by atoms with van der Waals surface area (Å²) in [7, 11) is 1.40. The Morgan fingerprint density at radius 1 is 1.32 bits per heavy atom. The molecule has 0 N–H and O–H groups in total. The molecule has 100 valence electrons. The number of ether oxygens (including phenoxy) is 1. The van der Waals surface area contributed by atoms with Crippen molar-refractivity contribution in [2.24, 2.45) is 0 Å². The standard InChI is InChI=1S/C15H15IO3/c1-18-15(17)11-6-10-8-13(9-4-2-3-5-9)19-14(10)12(16)7-11/h6-9H,2-5H2,1H3. The number of benzene rings is 1. The van der Waals surface area contributed by atoms with Gasteiger partial charge in [0.15, 0.2) is 0 Å². The molecule has 1 aliphatic carbocycles. The smallest absolute Gasteiger partial charge is 0.337 e. The maximum atomic E-state index is 11.6. The number of furan rings is 1. The molecular weight excluding hydrogens is 355 g/mol. The van der Waals surface area contributed by atoms with Gasteiger partial charge in [0.1, 0.15) is 11.3 Å². The van der Waals surface area contributed by atoms with Crippen LogP contribution in [0.15, 0.2) is 22.6 Å². The molecule has 1 saturated carbocycles. The molecule has 3 rings (SSSR count). The summed E-state index contributed by atoms with van der Waals surface area (Å²) in [5.74, 6) is 1.31. The molecule has 0 unspecified atom stereocenters. The van der Waals surface area contributed by atoms with Crippen LogP contribution in [0.25, 0.3) is 11.0 Å².